The molecule has 23 heavy (non-hydrogen) atoms. The second-order valence-electron chi connectivity index (χ2n) is 5.42. The lowest BCUT2D eigenvalue weighted by atomic mass is 10.1. The fraction of sp³-hybridized carbons (Fsp3) is 0.100. The van der Waals surface area contributed by atoms with Gasteiger partial charge < -0.3 is 4.90 Å². The maximum Gasteiger partial charge on any atom is 0.0508 e. The van der Waals surface area contributed by atoms with Gasteiger partial charge in [-0.2, -0.15) is 0 Å². The third-order valence-corrected chi connectivity index (χ3v) is 5.04. The molecule has 0 saturated carbocycles. The Morgan fingerprint density at radius 1 is 0.739 bits per heavy atom. The van der Waals surface area contributed by atoms with Crippen LogP contribution in [0.2, 0.25) is 0 Å². The molecule has 0 aliphatic carbocycles. The van der Waals surface area contributed by atoms with E-state index in [0.717, 1.165) is 17.6 Å². The predicted octanol–water partition coefficient (Wildman–Crippen LogP) is 6.26. The number of halogens is 2. The minimum Gasteiger partial charge on any atom is -0.362 e. The molecule has 0 saturated heterocycles. The summed E-state index contributed by atoms with van der Waals surface area (Å²) in [6.45, 7) is 1.79. The van der Waals surface area contributed by atoms with Crippen LogP contribution in [0, 0.1) is 3.57 Å². The number of benzene rings is 3. The molecule has 0 bridgehead atoms. The van der Waals surface area contributed by atoms with Gasteiger partial charge in [-0.1, -0.05) is 76.6 Å². The Bertz CT molecular complexity index is 718. The Morgan fingerprint density at radius 2 is 1.26 bits per heavy atom. The van der Waals surface area contributed by atoms with E-state index in [9.17, 15) is 0 Å². The summed E-state index contributed by atoms with van der Waals surface area (Å²) in [6, 6.07) is 27.7. The first kappa shape index (κ1) is 16.5. The normalized spacial score (nSPS) is 10.5. The van der Waals surface area contributed by atoms with Crippen LogP contribution in [-0.4, -0.2) is 0 Å². The van der Waals surface area contributed by atoms with Gasteiger partial charge >= 0.3 is 0 Å². The van der Waals surface area contributed by atoms with Gasteiger partial charge in [0.25, 0.3) is 0 Å². The fourth-order valence-corrected chi connectivity index (χ4v) is 4.22. The van der Waals surface area contributed by atoms with Crippen LogP contribution in [0.5, 0.6) is 0 Å². The second kappa shape index (κ2) is 7.97. The van der Waals surface area contributed by atoms with Gasteiger partial charge in [0, 0.05) is 21.1 Å². The van der Waals surface area contributed by atoms with E-state index in [1.807, 2.05) is 0 Å². The van der Waals surface area contributed by atoms with Crippen molar-refractivity contribution in [2.24, 2.45) is 0 Å². The lowest BCUT2D eigenvalue weighted by Crippen LogP contribution is -2.23. The molecule has 0 radical (unpaired) electrons. The van der Waals surface area contributed by atoms with Gasteiger partial charge in [0.1, 0.15) is 0 Å². The third kappa shape index (κ3) is 4.58. The summed E-state index contributed by atoms with van der Waals surface area (Å²) in [6.07, 6.45) is 0. The fourth-order valence-electron chi connectivity index (χ4n) is 2.57. The SMILES string of the molecule is Brc1ccc(N(Cc2ccccc2)Cc2ccccc2)c(I)c1. The van der Waals surface area contributed by atoms with Crippen molar-refractivity contribution in [3.63, 3.8) is 0 Å². The molecule has 1 nitrogen and oxygen atoms in total. The van der Waals surface area contributed by atoms with Crippen LogP contribution in [0.1, 0.15) is 11.1 Å². The van der Waals surface area contributed by atoms with Crippen molar-refractivity contribution < 1.29 is 0 Å². The molecule has 0 N–H and O–H groups in total. The van der Waals surface area contributed by atoms with Crippen molar-refractivity contribution in [3.05, 3.63) is 98.0 Å². The van der Waals surface area contributed by atoms with E-state index >= 15 is 0 Å². The Labute approximate surface area is 159 Å². The maximum absolute atomic E-state index is 3.56. The van der Waals surface area contributed by atoms with E-state index in [0.29, 0.717) is 0 Å². The molecule has 3 heteroatoms. The first-order valence-corrected chi connectivity index (χ1v) is 9.37. The molecule has 3 aromatic rings. The number of rotatable bonds is 5. The van der Waals surface area contributed by atoms with Crippen LogP contribution < -0.4 is 4.90 Å². The molecule has 0 spiro atoms. The first-order valence-electron chi connectivity index (χ1n) is 7.50. The zero-order valence-corrected chi connectivity index (χ0v) is 16.4. The smallest absolute Gasteiger partial charge is 0.0508 e. The molecule has 0 amide bonds. The van der Waals surface area contributed by atoms with Crippen molar-refractivity contribution in [1.82, 2.24) is 0 Å². The van der Waals surface area contributed by atoms with Crippen LogP contribution in [0.3, 0.4) is 0 Å². The Hall–Kier alpha value is -1.33. The van der Waals surface area contributed by atoms with Gasteiger partial charge in [-0.25, -0.2) is 0 Å². The average Bonchev–Trinajstić information content (AvgIpc) is 2.56. The topological polar surface area (TPSA) is 3.24 Å². The molecular weight excluding hydrogens is 461 g/mol. The molecule has 0 aliphatic heterocycles. The molecule has 3 rings (SSSR count). The van der Waals surface area contributed by atoms with Gasteiger partial charge in [0.05, 0.1) is 5.69 Å². The molecule has 0 atom stereocenters. The summed E-state index contributed by atoms with van der Waals surface area (Å²) in [5, 5.41) is 0. The maximum atomic E-state index is 3.56. The molecule has 0 aliphatic rings. The first-order chi connectivity index (χ1) is 11.2. The molecule has 0 heterocycles. The Balaban J connectivity index is 1.92. The lowest BCUT2D eigenvalue weighted by Gasteiger charge is -2.26. The summed E-state index contributed by atoms with van der Waals surface area (Å²) in [4.78, 5) is 2.43. The van der Waals surface area contributed by atoms with E-state index in [-0.39, 0.29) is 0 Å². The highest BCUT2D eigenvalue weighted by Crippen LogP contribution is 2.28. The van der Waals surface area contributed by atoms with Crippen LogP contribution in [0.15, 0.2) is 83.3 Å². The van der Waals surface area contributed by atoms with Gasteiger partial charge in [0.15, 0.2) is 0 Å². The second-order valence-corrected chi connectivity index (χ2v) is 7.50. The van der Waals surface area contributed by atoms with Gasteiger partial charge in [-0.3, -0.25) is 0 Å². The summed E-state index contributed by atoms with van der Waals surface area (Å²) >= 11 is 5.97. The van der Waals surface area contributed by atoms with E-state index in [1.165, 1.54) is 20.4 Å². The quantitative estimate of drug-likeness (QED) is 0.392. The van der Waals surface area contributed by atoms with E-state index in [2.05, 4.69) is 122 Å². The van der Waals surface area contributed by atoms with Gasteiger partial charge in [-0.15, -0.1) is 0 Å². The van der Waals surface area contributed by atoms with Crippen molar-refractivity contribution >= 4 is 44.2 Å². The van der Waals surface area contributed by atoms with Crippen molar-refractivity contribution in [3.8, 4) is 0 Å². The predicted molar refractivity (Wildman–Crippen MR) is 110 cm³/mol. The molecule has 116 valence electrons. The number of hydrogen-bond acceptors (Lipinski definition) is 1. The largest absolute Gasteiger partial charge is 0.362 e. The summed E-state index contributed by atoms with van der Waals surface area (Å²) in [7, 11) is 0. The average molecular weight is 478 g/mol. The Morgan fingerprint density at radius 3 is 1.74 bits per heavy atom. The van der Waals surface area contributed by atoms with E-state index < -0.39 is 0 Å². The highest BCUT2D eigenvalue weighted by Gasteiger charge is 2.12. The lowest BCUT2D eigenvalue weighted by molar-refractivity contribution is 0.797. The molecule has 0 unspecified atom stereocenters. The van der Waals surface area contributed by atoms with Crippen molar-refractivity contribution in [2.45, 2.75) is 13.1 Å². The van der Waals surface area contributed by atoms with Gasteiger partial charge in [-0.05, 0) is 51.9 Å². The van der Waals surface area contributed by atoms with Crippen LogP contribution in [-0.2, 0) is 13.1 Å². The van der Waals surface area contributed by atoms with E-state index in [1.54, 1.807) is 0 Å². The zero-order chi connectivity index (χ0) is 16.1. The summed E-state index contributed by atoms with van der Waals surface area (Å²) in [5.74, 6) is 0. The Kier molecular flexibility index (Phi) is 5.73. The number of anilines is 1. The number of nitrogens with zero attached hydrogens (tertiary/aromatic N) is 1. The van der Waals surface area contributed by atoms with Crippen molar-refractivity contribution in [1.29, 1.82) is 0 Å². The zero-order valence-electron chi connectivity index (χ0n) is 12.6. The van der Waals surface area contributed by atoms with Crippen LogP contribution in [0.4, 0.5) is 5.69 Å². The van der Waals surface area contributed by atoms with Crippen molar-refractivity contribution in [2.75, 3.05) is 4.90 Å². The minimum absolute atomic E-state index is 0.896. The molecule has 3 aromatic carbocycles. The van der Waals surface area contributed by atoms with Crippen LogP contribution in [0.25, 0.3) is 0 Å². The summed E-state index contributed by atoms with van der Waals surface area (Å²) in [5.41, 5.74) is 3.91. The highest BCUT2D eigenvalue weighted by molar-refractivity contribution is 14.1. The van der Waals surface area contributed by atoms with E-state index in [4.69, 9.17) is 0 Å². The van der Waals surface area contributed by atoms with Crippen LogP contribution >= 0.6 is 38.5 Å². The standard InChI is InChI=1S/C20H17BrIN/c21-18-11-12-20(19(22)13-18)23(14-16-7-3-1-4-8-16)15-17-9-5-2-6-10-17/h1-13H,14-15H2. The monoisotopic (exact) mass is 477 g/mol. The highest BCUT2D eigenvalue weighted by atomic mass is 127. The molecule has 0 aromatic heterocycles. The third-order valence-electron chi connectivity index (χ3n) is 3.68. The molecular formula is C20H17BrIN. The van der Waals surface area contributed by atoms with Gasteiger partial charge in [0.2, 0.25) is 0 Å². The summed E-state index contributed by atoms with van der Waals surface area (Å²) < 4.78 is 2.37. The molecule has 0 fully saturated rings. The minimum atomic E-state index is 0.896. The number of hydrogen-bond donors (Lipinski definition) is 0.